The molecule has 3 rings (SSSR count). The van der Waals surface area contributed by atoms with E-state index in [1.807, 2.05) is 30.3 Å². The Labute approximate surface area is 143 Å². The van der Waals surface area contributed by atoms with E-state index in [4.69, 9.17) is 9.15 Å². The van der Waals surface area contributed by atoms with E-state index >= 15 is 0 Å². The maximum Gasteiger partial charge on any atom is 0.407 e. The monoisotopic (exact) mass is 379 g/mol. The van der Waals surface area contributed by atoms with Gasteiger partial charge in [-0.1, -0.05) is 28.1 Å². The van der Waals surface area contributed by atoms with Gasteiger partial charge in [-0.2, -0.15) is 0 Å². The van der Waals surface area contributed by atoms with Gasteiger partial charge in [-0.25, -0.2) is 4.79 Å². The Bertz CT molecular complexity index is 641. The average molecular weight is 380 g/mol. The van der Waals surface area contributed by atoms with Crippen molar-refractivity contribution in [3.05, 3.63) is 58.5 Å². The fourth-order valence-corrected chi connectivity index (χ4v) is 3.17. The van der Waals surface area contributed by atoms with Crippen molar-refractivity contribution in [3.63, 3.8) is 0 Å². The van der Waals surface area contributed by atoms with Crippen molar-refractivity contribution in [2.75, 3.05) is 13.1 Å². The Hall–Kier alpha value is -1.79. The standard InChI is InChI=1S/C17H18BrNO4/c18-14-3-1-12(2-4-14)10-23-16-9-19(17(20)21)7-5-15(16)13-6-8-22-11-13/h1-4,6,8,11,15-16H,5,7,9-10H2,(H,20,21). The molecule has 1 aromatic heterocycles. The summed E-state index contributed by atoms with van der Waals surface area (Å²) in [6.07, 6.45) is 3.02. The number of likely N-dealkylation sites (tertiary alicyclic amines) is 1. The van der Waals surface area contributed by atoms with Crippen LogP contribution in [0.3, 0.4) is 0 Å². The highest BCUT2D eigenvalue weighted by molar-refractivity contribution is 9.10. The number of ether oxygens (including phenoxy) is 1. The molecule has 1 N–H and O–H groups in total. The fraction of sp³-hybridized carbons (Fsp3) is 0.353. The summed E-state index contributed by atoms with van der Waals surface area (Å²) < 4.78 is 12.3. The van der Waals surface area contributed by atoms with Gasteiger partial charge in [0.15, 0.2) is 0 Å². The number of furan rings is 1. The maximum atomic E-state index is 11.3. The molecule has 0 aliphatic carbocycles. The SMILES string of the molecule is O=C(O)N1CCC(c2ccoc2)C(OCc2ccc(Br)cc2)C1. The number of hydrogen-bond donors (Lipinski definition) is 1. The second-order valence-electron chi connectivity index (χ2n) is 5.66. The molecule has 122 valence electrons. The van der Waals surface area contributed by atoms with Gasteiger partial charge >= 0.3 is 6.09 Å². The molecule has 1 amide bonds. The van der Waals surface area contributed by atoms with Crippen LogP contribution in [0, 0.1) is 0 Å². The molecule has 2 atom stereocenters. The lowest BCUT2D eigenvalue weighted by molar-refractivity contribution is -0.0200. The lowest BCUT2D eigenvalue weighted by atomic mass is 9.88. The highest BCUT2D eigenvalue weighted by Gasteiger charge is 2.33. The second kappa shape index (κ2) is 7.19. The van der Waals surface area contributed by atoms with Crippen molar-refractivity contribution in [2.24, 2.45) is 0 Å². The van der Waals surface area contributed by atoms with E-state index in [2.05, 4.69) is 15.9 Å². The van der Waals surface area contributed by atoms with Gasteiger partial charge in [-0.3, -0.25) is 0 Å². The molecule has 23 heavy (non-hydrogen) atoms. The van der Waals surface area contributed by atoms with Crippen LogP contribution in [0.5, 0.6) is 0 Å². The summed E-state index contributed by atoms with van der Waals surface area (Å²) in [5.74, 6) is 0.153. The number of piperidine rings is 1. The number of halogens is 1. The van der Waals surface area contributed by atoms with E-state index in [-0.39, 0.29) is 12.0 Å². The van der Waals surface area contributed by atoms with Gasteiger partial charge in [0.25, 0.3) is 0 Å². The molecule has 0 spiro atoms. The molecule has 1 saturated heterocycles. The zero-order chi connectivity index (χ0) is 16.2. The summed E-state index contributed by atoms with van der Waals surface area (Å²) in [6, 6.07) is 9.86. The van der Waals surface area contributed by atoms with Gasteiger partial charge in [-0.05, 0) is 35.7 Å². The molecule has 0 saturated carbocycles. The number of rotatable bonds is 4. The van der Waals surface area contributed by atoms with Crippen molar-refractivity contribution in [1.82, 2.24) is 4.90 Å². The van der Waals surface area contributed by atoms with Crippen molar-refractivity contribution in [2.45, 2.75) is 25.0 Å². The highest BCUT2D eigenvalue weighted by Crippen LogP contribution is 2.31. The number of amides is 1. The zero-order valence-electron chi connectivity index (χ0n) is 12.5. The topological polar surface area (TPSA) is 62.9 Å². The fourth-order valence-electron chi connectivity index (χ4n) is 2.91. The van der Waals surface area contributed by atoms with Gasteiger partial charge in [0.2, 0.25) is 0 Å². The first-order valence-corrected chi connectivity index (χ1v) is 8.29. The van der Waals surface area contributed by atoms with Crippen molar-refractivity contribution >= 4 is 22.0 Å². The minimum atomic E-state index is -0.895. The Kier molecular flexibility index (Phi) is 5.03. The third kappa shape index (κ3) is 3.95. The molecule has 6 heteroatoms. The van der Waals surface area contributed by atoms with Gasteiger partial charge in [-0.15, -0.1) is 0 Å². The van der Waals surface area contributed by atoms with E-state index in [1.54, 1.807) is 12.5 Å². The van der Waals surface area contributed by atoms with Crippen LogP contribution in [0.25, 0.3) is 0 Å². The Morgan fingerprint density at radius 2 is 2.13 bits per heavy atom. The molecular formula is C17H18BrNO4. The van der Waals surface area contributed by atoms with Crippen LogP contribution in [-0.4, -0.2) is 35.3 Å². The number of benzene rings is 1. The molecule has 0 bridgehead atoms. The van der Waals surface area contributed by atoms with E-state index in [1.165, 1.54) is 4.90 Å². The van der Waals surface area contributed by atoms with Gasteiger partial charge in [0, 0.05) is 16.9 Å². The predicted octanol–water partition coefficient (Wildman–Crippen LogP) is 4.09. The first-order chi connectivity index (χ1) is 11.1. The molecule has 1 aliphatic heterocycles. The largest absolute Gasteiger partial charge is 0.472 e. The lowest BCUT2D eigenvalue weighted by Gasteiger charge is -2.36. The second-order valence-corrected chi connectivity index (χ2v) is 6.57. The smallest absolute Gasteiger partial charge is 0.407 e. The predicted molar refractivity (Wildman–Crippen MR) is 88.4 cm³/mol. The minimum absolute atomic E-state index is 0.153. The number of hydrogen-bond acceptors (Lipinski definition) is 3. The Morgan fingerprint density at radius 1 is 1.35 bits per heavy atom. The summed E-state index contributed by atoms with van der Waals surface area (Å²) >= 11 is 3.41. The molecule has 2 unspecified atom stereocenters. The molecule has 2 aromatic rings. The Balaban J connectivity index is 1.70. The van der Waals surface area contributed by atoms with Crippen LogP contribution in [0.1, 0.15) is 23.5 Å². The van der Waals surface area contributed by atoms with E-state index in [0.29, 0.717) is 19.7 Å². The summed E-state index contributed by atoms with van der Waals surface area (Å²) in [7, 11) is 0. The summed E-state index contributed by atoms with van der Waals surface area (Å²) in [6.45, 7) is 1.35. The summed E-state index contributed by atoms with van der Waals surface area (Å²) in [4.78, 5) is 12.7. The molecule has 0 radical (unpaired) electrons. The first-order valence-electron chi connectivity index (χ1n) is 7.49. The van der Waals surface area contributed by atoms with Crippen LogP contribution < -0.4 is 0 Å². The van der Waals surface area contributed by atoms with Crippen LogP contribution in [0.15, 0.2) is 51.7 Å². The van der Waals surface area contributed by atoms with Crippen molar-refractivity contribution in [3.8, 4) is 0 Å². The molecule has 1 fully saturated rings. The van der Waals surface area contributed by atoms with E-state index in [0.717, 1.165) is 22.0 Å². The summed E-state index contributed by atoms with van der Waals surface area (Å²) in [5, 5.41) is 9.24. The summed E-state index contributed by atoms with van der Waals surface area (Å²) in [5.41, 5.74) is 2.13. The van der Waals surface area contributed by atoms with Crippen molar-refractivity contribution in [1.29, 1.82) is 0 Å². The number of carboxylic acid groups (broad SMARTS) is 1. The quantitative estimate of drug-likeness (QED) is 0.868. The van der Waals surface area contributed by atoms with Crippen molar-refractivity contribution < 1.29 is 19.1 Å². The van der Waals surface area contributed by atoms with Gasteiger partial charge in [0.05, 0.1) is 31.8 Å². The van der Waals surface area contributed by atoms with Crippen LogP contribution in [0.4, 0.5) is 4.79 Å². The molecule has 2 heterocycles. The third-order valence-corrected chi connectivity index (χ3v) is 4.71. The zero-order valence-corrected chi connectivity index (χ0v) is 14.1. The molecular weight excluding hydrogens is 362 g/mol. The number of carbonyl (C=O) groups is 1. The first kappa shape index (κ1) is 16.1. The Morgan fingerprint density at radius 3 is 2.78 bits per heavy atom. The minimum Gasteiger partial charge on any atom is -0.472 e. The lowest BCUT2D eigenvalue weighted by Crippen LogP contribution is -2.46. The normalized spacial score (nSPS) is 21.3. The molecule has 1 aliphatic rings. The number of nitrogens with zero attached hydrogens (tertiary/aromatic N) is 1. The third-order valence-electron chi connectivity index (χ3n) is 4.18. The van der Waals surface area contributed by atoms with Crippen LogP contribution >= 0.6 is 15.9 Å². The van der Waals surface area contributed by atoms with Gasteiger partial charge in [0.1, 0.15) is 0 Å². The highest BCUT2D eigenvalue weighted by atomic mass is 79.9. The maximum absolute atomic E-state index is 11.3. The molecule has 1 aromatic carbocycles. The van der Waals surface area contributed by atoms with Gasteiger partial charge < -0.3 is 19.2 Å². The van der Waals surface area contributed by atoms with E-state index < -0.39 is 6.09 Å². The van der Waals surface area contributed by atoms with Crippen LogP contribution in [0.2, 0.25) is 0 Å². The average Bonchev–Trinajstić information content (AvgIpc) is 3.08. The van der Waals surface area contributed by atoms with E-state index in [9.17, 15) is 9.90 Å². The van der Waals surface area contributed by atoms with Crippen LogP contribution in [-0.2, 0) is 11.3 Å². The molecule has 5 nitrogen and oxygen atoms in total.